The average molecular weight is 163 g/mol. The van der Waals surface area contributed by atoms with Gasteiger partial charge in [0.05, 0.1) is 0 Å². The van der Waals surface area contributed by atoms with Crippen LogP contribution in [0.2, 0.25) is 0 Å². The number of para-hydroxylation sites is 1. The maximum atomic E-state index is 10.2. The summed E-state index contributed by atoms with van der Waals surface area (Å²) in [4.78, 5) is 14.0. The van der Waals surface area contributed by atoms with Crippen LogP contribution in [0.5, 0.6) is 5.75 Å². The second-order valence-electron chi connectivity index (χ2n) is 2.29. The number of phenolic OH excluding ortho intramolecular Hbond substituents is 1. The minimum Gasteiger partial charge on any atom is -0.506 e. The molecule has 0 atom stereocenters. The molecule has 0 spiro atoms. The highest BCUT2D eigenvalue weighted by Crippen LogP contribution is 2.23. The normalized spacial score (nSPS) is 10.3. The quantitative estimate of drug-likeness (QED) is 0.644. The number of hydrogen-bond donors (Lipinski definition) is 1. The summed E-state index contributed by atoms with van der Waals surface area (Å²) in [7, 11) is 0. The van der Waals surface area contributed by atoms with Gasteiger partial charge in [0.1, 0.15) is 5.75 Å². The Labute approximate surface area is 67.4 Å². The molecule has 4 nitrogen and oxygen atoms in total. The number of phenols is 1. The first kappa shape index (κ1) is 6.84. The van der Waals surface area contributed by atoms with Gasteiger partial charge in [-0.05, 0) is 12.1 Å². The van der Waals surface area contributed by atoms with E-state index in [0.29, 0.717) is 17.4 Å². The Bertz CT molecular complexity index is 433. The summed E-state index contributed by atoms with van der Waals surface area (Å²) < 4.78 is 4.96. The fourth-order valence-corrected chi connectivity index (χ4v) is 1.00. The van der Waals surface area contributed by atoms with E-state index < -0.39 is 0 Å². The van der Waals surface area contributed by atoms with Crippen LogP contribution in [-0.2, 0) is 0 Å². The summed E-state index contributed by atoms with van der Waals surface area (Å²) in [5.41, 5.74) is 0.733. The number of fused-ring (bicyclic) bond motifs is 1. The zero-order valence-corrected chi connectivity index (χ0v) is 6.02. The molecule has 1 aromatic carbocycles. The van der Waals surface area contributed by atoms with Crippen LogP contribution >= 0.6 is 0 Å². The van der Waals surface area contributed by atoms with Gasteiger partial charge in [0.25, 0.3) is 5.89 Å². The van der Waals surface area contributed by atoms with Crippen LogP contribution < -0.4 is 0 Å². The number of aromatic nitrogens is 1. The third kappa shape index (κ3) is 0.852. The monoisotopic (exact) mass is 163 g/mol. The molecule has 0 aliphatic heterocycles. The SMILES string of the molecule is O=Cc1nc2c(O)cccc2o1. The van der Waals surface area contributed by atoms with Gasteiger partial charge >= 0.3 is 0 Å². The number of oxazole rings is 1. The largest absolute Gasteiger partial charge is 0.506 e. The van der Waals surface area contributed by atoms with Crippen molar-refractivity contribution in [3.8, 4) is 5.75 Å². The number of nitrogens with zero attached hydrogens (tertiary/aromatic N) is 1. The fraction of sp³-hybridized carbons (Fsp3) is 0. The van der Waals surface area contributed by atoms with E-state index in [-0.39, 0.29) is 11.6 Å². The Kier molecular flexibility index (Phi) is 1.33. The molecule has 0 saturated carbocycles. The van der Waals surface area contributed by atoms with Crippen molar-refractivity contribution >= 4 is 17.4 Å². The minimum absolute atomic E-state index is 0.0179. The van der Waals surface area contributed by atoms with E-state index in [4.69, 9.17) is 4.42 Å². The molecule has 0 aliphatic rings. The van der Waals surface area contributed by atoms with Crippen LogP contribution in [0.15, 0.2) is 22.6 Å². The third-order valence-corrected chi connectivity index (χ3v) is 1.52. The summed E-state index contributed by atoms with van der Waals surface area (Å²) in [6, 6.07) is 4.74. The van der Waals surface area contributed by atoms with E-state index in [1.807, 2.05) is 0 Å². The van der Waals surface area contributed by atoms with Crippen molar-refractivity contribution < 1.29 is 14.3 Å². The van der Waals surface area contributed by atoms with Crippen LogP contribution in [0.25, 0.3) is 11.1 Å². The van der Waals surface area contributed by atoms with Gasteiger partial charge in [-0.15, -0.1) is 0 Å². The van der Waals surface area contributed by atoms with Gasteiger partial charge in [0.2, 0.25) is 6.29 Å². The van der Waals surface area contributed by atoms with Gasteiger partial charge in [-0.3, -0.25) is 4.79 Å². The minimum atomic E-state index is -0.0218. The van der Waals surface area contributed by atoms with Gasteiger partial charge in [0.15, 0.2) is 11.1 Å². The van der Waals surface area contributed by atoms with Crippen molar-refractivity contribution in [3.63, 3.8) is 0 Å². The zero-order valence-electron chi connectivity index (χ0n) is 6.02. The summed E-state index contributed by atoms with van der Waals surface area (Å²) >= 11 is 0. The van der Waals surface area contributed by atoms with Crippen LogP contribution in [-0.4, -0.2) is 16.4 Å². The van der Waals surface area contributed by atoms with Gasteiger partial charge < -0.3 is 9.52 Å². The van der Waals surface area contributed by atoms with Crippen molar-refractivity contribution in [2.75, 3.05) is 0 Å². The number of aldehydes is 1. The second kappa shape index (κ2) is 2.34. The van der Waals surface area contributed by atoms with Crippen LogP contribution in [0.3, 0.4) is 0 Å². The predicted octanol–water partition coefficient (Wildman–Crippen LogP) is 1.35. The molecule has 0 unspecified atom stereocenters. The highest BCUT2D eigenvalue weighted by molar-refractivity contribution is 5.83. The van der Waals surface area contributed by atoms with Crippen LogP contribution in [0.1, 0.15) is 10.7 Å². The molecule has 2 aromatic rings. The molecule has 0 amide bonds. The summed E-state index contributed by atoms with van der Waals surface area (Å²) in [6.07, 6.45) is 0.499. The maximum absolute atomic E-state index is 10.2. The lowest BCUT2D eigenvalue weighted by Crippen LogP contribution is -1.75. The predicted molar refractivity (Wildman–Crippen MR) is 41.1 cm³/mol. The molecule has 4 heteroatoms. The Balaban J connectivity index is 2.82. The lowest BCUT2D eigenvalue weighted by molar-refractivity contribution is 0.109. The first-order chi connectivity index (χ1) is 5.81. The topological polar surface area (TPSA) is 63.3 Å². The molecule has 0 fully saturated rings. The van der Waals surface area contributed by atoms with E-state index in [0.717, 1.165) is 0 Å². The lowest BCUT2D eigenvalue weighted by Gasteiger charge is -1.87. The molecular weight excluding hydrogens is 158 g/mol. The van der Waals surface area contributed by atoms with Gasteiger partial charge in [-0.1, -0.05) is 6.07 Å². The van der Waals surface area contributed by atoms with E-state index >= 15 is 0 Å². The van der Waals surface area contributed by atoms with Crippen molar-refractivity contribution in [1.82, 2.24) is 4.98 Å². The summed E-state index contributed by atoms with van der Waals surface area (Å²) in [5.74, 6) is -0.00384. The molecule has 1 N–H and O–H groups in total. The lowest BCUT2D eigenvalue weighted by atomic mass is 10.3. The smallest absolute Gasteiger partial charge is 0.261 e. The van der Waals surface area contributed by atoms with E-state index in [1.165, 1.54) is 6.07 Å². The van der Waals surface area contributed by atoms with Gasteiger partial charge in [0, 0.05) is 0 Å². The maximum Gasteiger partial charge on any atom is 0.261 e. The second-order valence-corrected chi connectivity index (χ2v) is 2.29. The highest BCUT2D eigenvalue weighted by atomic mass is 16.4. The number of rotatable bonds is 1. The zero-order chi connectivity index (χ0) is 8.55. The van der Waals surface area contributed by atoms with E-state index in [9.17, 15) is 9.90 Å². The van der Waals surface area contributed by atoms with Crippen molar-refractivity contribution in [2.45, 2.75) is 0 Å². The van der Waals surface area contributed by atoms with E-state index in [1.54, 1.807) is 12.1 Å². The first-order valence-electron chi connectivity index (χ1n) is 3.35. The number of aromatic hydroxyl groups is 1. The first-order valence-corrected chi connectivity index (χ1v) is 3.35. The molecule has 0 bridgehead atoms. The molecule has 0 radical (unpaired) electrons. The van der Waals surface area contributed by atoms with Crippen molar-refractivity contribution in [1.29, 1.82) is 0 Å². The molecule has 1 aromatic heterocycles. The van der Waals surface area contributed by atoms with E-state index in [2.05, 4.69) is 4.98 Å². The standard InChI is InChI=1S/C8H5NO3/c10-4-7-9-8-5(11)2-1-3-6(8)12-7/h1-4,11H. The van der Waals surface area contributed by atoms with Crippen molar-refractivity contribution in [2.24, 2.45) is 0 Å². The third-order valence-electron chi connectivity index (χ3n) is 1.52. The number of benzene rings is 1. The average Bonchev–Trinajstić information content (AvgIpc) is 2.49. The molecule has 2 rings (SSSR count). The van der Waals surface area contributed by atoms with Crippen LogP contribution in [0.4, 0.5) is 0 Å². The summed E-state index contributed by atoms with van der Waals surface area (Å²) in [5, 5.41) is 9.24. The number of hydrogen-bond acceptors (Lipinski definition) is 4. The molecule has 12 heavy (non-hydrogen) atoms. The molecule has 60 valence electrons. The Morgan fingerprint density at radius 2 is 2.33 bits per heavy atom. The fourth-order valence-electron chi connectivity index (χ4n) is 1.00. The highest BCUT2D eigenvalue weighted by Gasteiger charge is 2.06. The molecular formula is C8H5NO3. The Morgan fingerprint density at radius 1 is 1.50 bits per heavy atom. The number of carbonyl (C=O) groups excluding carboxylic acids is 1. The molecule has 0 aliphatic carbocycles. The van der Waals surface area contributed by atoms with Crippen LogP contribution in [0, 0.1) is 0 Å². The number of carbonyl (C=O) groups is 1. The van der Waals surface area contributed by atoms with Crippen molar-refractivity contribution in [3.05, 3.63) is 24.1 Å². The Morgan fingerprint density at radius 3 is 3.00 bits per heavy atom. The molecule has 1 heterocycles. The molecule has 0 saturated heterocycles. The summed E-state index contributed by atoms with van der Waals surface area (Å²) in [6.45, 7) is 0. The van der Waals surface area contributed by atoms with Gasteiger partial charge in [-0.2, -0.15) is 0 Å². The van der Waals surface area contributed by atoms with Gasteiger partial charge in [-0.25, -0.2) is 4.98 Å². The Hall–Kier alpha value is -1.84.